The average Bonchev–Trinajstić information content (AvgIpc) is 2.44. The molecule has 0 saturated heterocycles. The van der Waals surface area contributed by atoms with Crippen molar-refractivity contribution < 1.29 is 13.6 Å². The molecule has 0 aliphatic heterocycles. The van der Waals surface area contributed by atoms with Crippen LogP contribution in [0.1, 0.15) is 23.1 Å². The van der Waals surface area contributed by atoms with E-state index in [1.54, 1.807) is 0 Å². The Kier molecular flexibility index (Phi) is 4.68. The number of hydrogen-bond acceptors (Lipinski definition) is 1. The first-order chi connectivity index (χ1) is 9.95. The maximum Gasteiger partial charge on any atom is 0.224 e. The molecule has 0 saturated carbocycles. The average molecular weight is 289 g/mol. The number of hydrogen-bond donors (Lipinski definition) is 1. The normalized spacial score (nSPS) is 10.5. The molecule has 2 aromatic rings. The third-order valence-corrected chi connectivity index (χ3v) is 3.42. The molecule has 2 nitrogen and oxygen atoms in total. The highest BCUT2D eigenvalue weighted by atomic mass is 19.2. The van der Waals surface area contributed by atoms with Gasteiger partial charge < -0.3 is 5.32 Å². The van der Waals surface area contributed by atoms with Crippen LogP contribution in [0.2, 0.25) is 0 Å². The van der Waals surface area contributed by atoms with Gasteiger partial charge >= 0.3 is 0 Å². The number of amides is 1. The van der Waals surface area contributed by atoms with Crippen LogP contribution in [0.5, 0.6) is 0 Å². The largest absolute Gasteiger partial charge is 0.326 e. The molecule has 2 rings (SSSR count). The number of nitrogens with one attached hydrogen (secondary N) is 1. The second-order valence-electron chi connectivity index (χ2n) is 5.10. The summed E-state index contributed by atoms with van der Waals surface area (Å²) in [7, 11) is 0. The molecule has 0 spiro atoms. The van der Waals surface area contributed by atoms with Crippen LogP contribution in [-0.4, -0.2) is 5.91 Å². The van der Waals surface area contributed by atoms with Crippen LogP contribution in [0, 0.1) is 25.5 Å². The van der Waals surface area contributed by atoms with Crippen LogP contribution in [-0.2, 0) is 11.2 Å². The Hall–Kier alpha value is -2.23. The van der Waals surface area contributed by atoms with Gasteiger partial charge in [-0.05, 0) is 49.1 Å². The molecule has 1 N–H and O–H groups in total. The minimum absolute atomic E-state index is 0.223. The Labute approximate surface area is 122 Å². The van der Waals surface area contributed by atoms with Gasteiger partial charge in [-0.15, -0.1) is 0 Å². The highest BCUT2D eigenvalue weighted by Crippen LogP contribution is 2.15. The summed E-state index contributed by atoms with van der Waals surface area (Å²) in [5.74, 6) is -2.12. The van der Waals surface area contributed by atoms with Gasteiger partial charge in [0.1, 0.15) is 0 Å². The summed E-state index contributed by atoms with van der Waals surface area (Å²) in [5.41, 5.74) is 3.75. The fourth-order valence-corrected chi connectivity index (χ4v) is 2.01. The lowest BCUT2D eigenvalue weighted by molar-refractivity contribution is -0.116. The van der Waals surface area contributed by atoms with E-state index in [1.165, 1.54) is 17.2 Å². The molecule has 0 aromatic heterocycles. The lowest BCUT2D eigenvalue weighted by Crippen LogP contribution is -2.12. The fraction of sp³-hybridized carbons (Fsp3) is 0.235. The smallest absolute Gasteiger partial charge is 0.224 e. The molecular formula is C17H17F2NO. The van der Waals surface area contributed by atoms with Crippen LogP contribution in [0.15, 0.2) is 36.4 Å². The number of carbonyl (C=O) groups is 1. The van der Waals surface area contributed by atoms with Gasteiger partial charge in [0.05, 0.1) is 0 Å². The summed E-state index contributed by atoms with van der Waals surface area (Å²) in [5, 5.41) is 2.56. The minimum Gasteiger partial charge on any atom is -0.326 e. The molecule has 0 fully saturated rings. The summed E-state index contributed by atoms with van der Waals surface area (Å²) in [4.78, 5) is 11.8. The second kappa shape index (κ2) is 6.48. The van der Waals surface area contributed by atoms with E-state index in [0.717, 1.165) is 17.7 Å². The highest BCUT2D eigenvalue weighted by Gasteiger charge is 2.07. The third-order valence-electron chi connectivity index (χ3n) is 3.42. The zero-order valence-corrected chi connectivity index (χ0v) is 12.0. The molecule has 1 amide bonds. The van der Waals surface area contributed by atoms with Crippen molar-refractivity contribution in [2.75, 3.05) is 5.32 Å². The van der Waals surface area contributed by atoms with Gasteiger partial charge in [0, 0.05) is 18.2 Å². The monoisotopic (exact) mass is 289 g/mol. The first-order valence-corrected chi connectivity index (χ1v) is 6.77. The van der Waals surface area contributed by atoms with Gasteiger partial charge in [-0.3, -0.25) is 4.79 Å². The summed E-state index contributed by atoms with van der Waals surface area (Å²) >= 11 is 0. The number of carbonyl (C=O) groups excluding carboxylic acids is 1. The first-order valence-electron chi connectivity index (χ1n) is 6.77. The lowest BCUT2D eigenvalue weighted by Gasteiger charge is -2.07. The van der Waals surface area contributed by atoms with Crippen LogP contribution in [0.3, 0.4) is 0 Å². The van der Waals surface area contributed by atoms with Crippen molar-refractivity contribution in [2.45, 2.75) is 26.7 Å². The van der Waals surface area contributed by atoms with E-state index < -0.39 is 11.6 Å². The van der Waals surface area contributed by atoms with Crippen molar-refractivity contribution in [3.05, 3.63) is 64.7 Å². The molecule has 0 heterocycles. The van der Waals surface area contributed by atoms with Gasteiger partial charge in [-0.25, -0.2) is 8.78 Å². The zero-order chi connectivity index (χ0) is 15.4. The summed E-state index contributed by atoms with van der Waals surface area (Å²) in [6.07, 6.45) is 0.901. The predicted octanol–water partition coefficient (Wildman–Crippen LogP) is 4.15. The first kappa shape index (κ1) is 15.2. The van der Waals surface area contributed by atoms with Crippen LogP contribution in [0.4, 0.5) is 14.5 Å². The number of halogens is 2. The van der Waals surface area contributed by atoms with E-state index in [0.29, 0.717) is 12.8 Å². The third kappa shape index (κ3) is 4.12. The van der Waals surface area contributed by atoms with Crippen molar-refractivity contribution in [3.63, 3.8) is 0 Å². The summed E-state index contributed by atoms with van der Waals surface area (Å²) in [6.45, 7) is 4.06. The van der Waals surface area contributed by atoms with E-state index >= 15 is 0 Å². The summed E-state index contributed by atoms with van der Waals surface area (Å²) in [6, 6.07) is 9.38. The van der Waals surface area contributed by atoms with Crippen LogP contribution in [0.25, 0.3) is 0 Å². The maximum atomic E-state index is 13.0. The second-order valence-corrected chi connectivity index (χ2v) is 5.10. The molecule has 4 heteroatoms. The van der Waals surface area contributed by atoms with Crippen LogP contribution >= 0.6 is 0 Å². The van der Waals surface area contributed by atoms with Crippen LogP contribution < -0.4 is 5.32 Å². The Bertz CT molecular complexity index is 668. The Morgan fingerprint density at radius 1 is 1.00 bits per heavy atom. The Morgan fingerprint density at radius 2 is 1.76 bits per heavy atom. The quantitative estimate of drug-likeness (QED) is 0.900. The van der Waals surface area contributed by atoms with Gasteiger partial charge in [0.2, 0.25) is 5.91 Å². The van der Waals surface area contributed by atoms with Crippen molar-refractivity contribution >= 4 is 11.6 Å². The molecule has 0 aliphatic rings. The number of aryl methyl sites for hydroxylation is 3. The van der Waals surface area contributed by atoms with E-state index in [9.17, 15) is 13.6 Å². The number of benzene rings is 2. The number of rotatable bonds is 4. The number of anilines is 1. The minimum atomic E-state index is -0.970. The highest BCUT2D eigenvalue weighted by molar-refractivity contribution is 5.90. The van der Waals surface area contributed by atoms with E-state index in [4.69, 9.17) is 0 Å². The molecule has 0 atom stereocenters. The summed E-state index contributed by atoms with van der Waals surface area (Å²) < 4.78 is 25.8. The Morgan fingerprint density at radius 3 is 2.43 bits per heavy atom. The molecule has 110 valence electrons. The fourth-order valence-electron chi connectivity index (χ4n) is 2.01. The van der Waals surface area contributed by atoms with E-state index in [2.05, 4.69) is 11.4 Å². The molecule has 21 heavy (non-hydrogen) atoms. The van der Waals surface area contributed by atoms with E-state index in [1.807, 2.05) is 26.0 Å². The van der Waals surface area contributed by atoms with Gasteiger partial charge in [0.25, 0.3) is 0 Å². The maximum absolute atomic E-state index is 13.0. The van der Waals surface area contributed by atoms with E-state index in [-0.39, 0.29) is 11.6 Å². The van der Waals surface area contributed by atoms with Crippen molar-refractivity contribution in [1.29, 1.82) is 0 Å². The zero-order valence-electron chi connectivity index (χ0n) is 12.0. The van der Waals surface area contributed by atoms with Crippen molar-refractivity contribution in [3.8, 4) is 0 Å². The Balaban J connectivity index is 1.92. The topological polar surface area (TPSA) is 29.1 Å². The van der Waals surface area contributed by atoms with Gasteiger partial charge in [-0.1, -0.05) is 18.2 Å². The molecule has 0 radical (unpaired) electrons. The molecule has 0 bridgehead atoms. The lowest BCUT2D eigenvalue weighted by atomic mass is 10.0. The predicted molar refractivity (Wildman–Crippen MR) is 79.2 cm³/mol. The molecule has 0 aliphatic carbocycles. The molecule has 0 unspecified atom stereocenters. The molecular weight excluding hydrogens is 272 g/mol. The van der Waals surface area contributed by atoms with Crippen molar-refractivity contribution in [2.24, 2.45) is 0 Å². The standard InChI is InChI=1S/C17H17F2NO/c1-11-3-4-13(9-12(11)2)5-8-17(21)20-14-6-7-15(18)16(19)10-14/h3-4,6-7,9-10H,5,8H2,1-2H3,(H,20,21). The van der Waals surface area contributed by atoms with Gasteiger partial charge in [0.15, 0.2) is 11.6 Å². The SMILES string of the molecule is Cc1ccc(CCC(=O)Nc2ccc(F)c(F)c2)cc1C. The molecule has 2 aromatic carbocycles. The van der Waals surface area contributed by atoms with Crippen molar-refractivity contribution in [1.82, 2.24) is 0 Å². The van der Waals surface area contributed by atoms with Gasteiger partial charge in [-0.2, -0.15) is 0 Å².